The minimum Gasteiger partial charge on any atom is -0.460 e. The summed E-state index contributed by atoms with van der Waals surface area (Å²) >= 11 is 5.80. The van der Waals surface area contributed by atoms with Crippen molar-refractivity contribution in [2.75, 3.05) is 26.2 Å². The second kappa shape index (κ2) is 11.7. The van der Waals surface area contributed by atoms with E-state index in [1.165, 1.54) is 6.07 Å². The molecule has 0 spiro atoms. The average Bonchev–Trinajstić information content (AvgIpc) is 2.99. The Hall–Kier alpha value is -0.780. The van der Waals surface area contributed by atoms with Crippen LogP contribution in [0.15, 0.2) is 34.7 Å². The summed E-state index contributed by atoms with van der Waals surface area (Å²) in [6.07, 6.45) is 0. The van der Waals surface area contributed by atoms with E-state index in [-0.39, 0.29) is 29.8 Å². The van der Waals surface area contributed by atoms with Gasteiger partial charge in [0.15, 0.2) is 0 Å². The number of halogens is 4. The molecule has 0 saturated carbocycles. The van der Waals surface area contributed by atoms with Gasteiger partial charge in [-0.3, -0.25) is 0 Å². The van der Waals surface area contributed by atoms with E-state index >= 15 is 0 Å². The fraction of sp³-hybridized carbons (Fsp3) is 0.412. The highest BCUT2D eigenvalue weighted by Gasteiger charge is 2.07. The van der Waals surface area contributed by atoms with Gasteiger partial charge in [-0.1, -0.05) is 25.4 Å². The van der Waals surface area contributed by atoms with Crippen LogP contribution in [0.4, 0.5) is 4.39 Å². The summed E-state index contributed by atoms with van der Waals surface area (Å²) < 4.78 is 18.9. The summed E-state index contributed by atoms with van der Waals surface area (Å²) in [6, 6.07) is 8.40. The lowest BCUT2D eigenvalue weighted by molar-refractivity contribution is 0.300. The first-order valence-electron chi connectivity index (χ1n) is 7.61. The van der Waals surface area contributed by atoms with Crippen LogP contribution in [0.2, 0.25) is 5.02 Å². The number of hydrogen-bond acceptors (Lipinski definition) is 3. The van der Waals surface area contributed by atoms with Gasteiger partial charge in [0.1, 0.15) is 17.3 Å². The van der Waals surface area contributed by atoms with Gasteiger partial charge in [0.2, 0.25) is 0 Å². The lowest BCUT2D eigenvalue weighted by atomic mass is 10.2. The number of rotatable bonds is 8. The SMILES string of the molecule is CCN(CC)CCNCc1ccc(-c2ccc(F)c(Cl)c2)o1.Cl.Cl. The number of nitrogens with one attached hydrogen (secondary N) is 1. The van der Waals surface area contributed by atoms with Crippen LogP contribution < -0.4 is 5.32 Å². The Bertz CT molecular complexity index is 603. The van der Waals surface area contributed by atoms with Gasteiger partial charge in [-0.15, -0.1) is 24.8 Å². The Kier molecular flexibility index (Phi) is 11.3. The van der Waals surface area contributed by atoms with Crippen molar-refractivity contribution in [2.45, 2.75) is 20.4 Å². The Labute approximate surface area is 160 Å². The van der Waals surface area contributed by atoms with E-state index in [4.69, 9.17) is 16.0 Å². The molecule has 0 bridgehead atoms. The van der Waals surface area contributed by atoms with Gasteiger partial charge >= 0.3 is 0 Å². The third kappa shape index (κ3) is 6.61. The highest BCUT2D eigenvalue weighted by atomic mass is 35.5. The van der Waals surface area contributed by atoms with Gasteiger partial charge in [-0.2, -0.15) is 0 Å². The maximum Gasteiger partial charge on any atom is 0.141 e. The van der Waals surface area contributed by atoms with Crippen LogP contribution in [0.5, 0.6) is 0 Å². The fourth-order valence-corrected chi connectivity index (χ4v) is 2.45. The Morgan fingerprint density at radius 1 is 1.12 bits per heavy atom. The van der Waals surface area contributed by atoms with E-state index in [9.17, 15) is 4.39 Å². The van der Waals surface area contributed by atoms with Gasteiger partial charge in [0.25, 0.3) is 0 Å². The van der Waals surface area contributed by atoms with Crippen LogP contribution in [-0.2, 0) is 6.54 Å². The molecule has 136 valence electrons. The molecule has 1 N–H and O–H groups in total. The summed E-state index contributed by atoms with van der Waals surface area (Å²) in [5.74, 6) is 1.13. The number of likely N-dealkylation sites (N-methyl/N-ethyl adjacent to an activating group) is 1. The van der Waals surface area contributed by atoms with E-state index in [2.05, 4.69) is 24.1 Å². The zero-order valence-electron chi connectivity index (χ0n) is 13.9. The number of furan rings is 1. The lowest BCUT2D eigenvalue weighted by Crippen LogP contribution is -2.31. The third-order valence-corrected chi connectivity index (χ3v) is 3.95. The van der Waals surface area contributed by atoms with Crippen molar-refractivity contribution < 1.29 is 8.81 Å². The van der Waals surface area contributed by atoms with Crippen molar-refractivity contribution >= 4 is 36.4 Å². The molecule has 2 aromatic rings. The Balaban J connectivity index is 0.00000264. The lowest BCUT2D eigenvalue weighted by Gasteiger charge is -2.17. The summed E-state index contributed by atoms with van der Waals surface area (Å²) in [5, 5.41) is 3.47. The molecule has 7 heteroatoms. The van der Waals surface area contributed by atoms with Gasteiger partial charge in [-0.05, 0) is 43.4 Å². The molecule has 0 unspecified atom stereocenters. The van der Waals surface area contributed by atoms with E-state index in [1.54, 1.807) is 12.1 Å². The maximum absolute atomic E-state index is 13.2. The van der Waals surface area contributed by atoms with E-state index in [1.807, 2.05) is 12.1 Å². The molecule has 24 heavy (non-hydrogen) atoms. The van der Waals surface area contributed by atoms with Gasteiger partial charge in [0.05, 0.1) is 11.6 Å². The highest BCUT2D eigenvalue weighted by Crippen LogP contribution is 2.26. The molecule has 0 fully saturated rings. The average molecular weight is 398 g/mol. The van der Waals surface area contributed by atoms with Crippen LogP contribution in [0, 0.1) is 5.82 Å². The molecule has 1 aromatic carbocycles. The van der Waals surface area contributed by atoms with Crippen LogP contribution in [0.25, 0.3) is 11.3 Å². The molecule has 0 atom stereocenters. The molecule has 0 saturated heterocycles. The fourth-order valence-electron chi connectivity index (χ4n) is 2.27. The number of nitrogens with zero attached hydrogens (tertiary/aromatic N) is 1. The zero-order valence-corrected chi connectivity index (χ0v) is 16.2. The smallest absolute Gasteiger partial charge is 0.141 e. The van der Waals surface area contributed by atoms with E-state index in [0.717, 1.165) is 37.5 Å². The molecule has 0 radical (unpaired) electrons. The summed E-state index contributed by atoms with van der Waals surface area (Å²) in [6.45, 7) is 9.07. The first-order valence-corrected chi connectivity index (χ1v) is 7.99. The monoisotopic (exact) mass is 396 g/mol. The molecule has 2 rings (SSSR count). The quantitative estimate of drug-likeness (QED) is 0.634. The standard InChI is InChI=1S/C17H22ClFN2O.2ClH/c1-3-21(4-2)10-9-20-12-14-6-8-17(22-14)13-5-7-16(19)15(18)11-13;;/h5-8,11,20H,3-4,9-10,12H2,1-2H3;2*1H. The molecule has 0 aliphatic carbocycles. The number of benzene rings is 1. The van der Waals surface area contributed by atoms with Gasteiger partial charge < -0.3 is 14.6 Å². The molecule has 3 nitrogen and oxygen atoms in total. The first kappa shape index (κ1) is 23.2. The van der Waals surface area contributed by atoms with Crippen LogP contribution in [0.3, 0.4) is 0 Å². The summed E-state index contributed by atoms with van der Waals surface area (Å²) in [5.41, 5.74) is 0.779. The second-order valence-electron chi connectivity index (χ2n) is 5.10. The molecular weight excluding hydrogens is 374 g/mol. The van der Waals surface area contributed by atoms with Crippen LogP contribution in [-0.4, -0.2) is 31.1 Å². The van der Waals surface area contributed by atoms with Crippen molar-refractivity contribution in [3.63, 3.8) is 0 Å². The van der Waals surface area contributed by atoms with Crippen molar-refractivity contribution in [1.82, 2.24) is 10.2 Å². The predicted octanol–water partition coefficient (Wildman–Crippen LogP) is 5.01. The highest BCUT2D eigenvalue weighted by molar-refractivity contribution is 6.31. The molecule has 1 heterocycles. The van der Waals surface area contributed by atoms with Gasteiger partial charge in [-0.25, -0.2) is 4.39 Å². The molecule has 1 aromatic heterocycles. The Morgan fingerprint density at radius 2 is 1.83 bits per heavy atom. The molecule has 0 aliphatic rings. The van der Waals surface area contributed by atoms with Gasteiger partial charge in [0, 0.05) is 18.7 Å². The van der Waals surface area contributed by atoms with E-state index < -0.39 is 5.82 Å². The third-order valence-electron chi connectivity index (χ3n) is 3.66. The molecule has 0 amide bonds. The molecule has 0 aliphatic heterocycles. The predicted molar refractivity (Wildman–Crippen MR) is 103 cm³/mol. The zero-order chi connectivity index (χ0) is 15.9. The minimum atomic E-state index is -0.421. The maximum atomic E-state index is 13.2. The van der Waals surface area contributed by atoms with Crippen molar-refractivity contribution in [3.05, 3.63) is 46.9 Å². The first-order chi connectivity index (χ1) is 10.6. The van der Waals surface area contributed by atoms with Crippen molar-refractivity contribution in [1.29, 1.82) is 0 Å². The van der Waals surface area contributed by atoms with Crippen molar-refractivity contribution in [2.24, 2.45) is 0 Å². The minimum absolute atomic E-state index is 0. The topological polar surface area (TPSA) is 28.4 Å². The Morgan fingerprint density at radius 3 is 2.46 bits per heavy atom. The summed E-state index contributed by atoms with van der Waals surface area (Å²) in [4.78, 5) is 2.36. The van der Waals surface area contributed by atoms with E-state index in [0.29, 0.717) is 12.3 Å². The van der Waals surface area contributed by atoms with Crippen LogP contribution in [0.1, 0.15) is 19.6 Å². The second-order valence-corrected chi connectivity index (χ2v) is 5.51. The molecular formula is C17H24Cl3FN2O. The largest absolute Gasteiger partial charge is 0.460 e. The van der Waals surface area contributed by atoms with Crippen LogP contribution >= 0.6 is 36.4 Å². The summed E-state index contributed by atoms with van der Waals surface area (Å²) in [7, 11) is 0. The normalized spacial score (nSPS) is 10.4. The van der Waals surface area contributed by atoms with Crippen molar-refractivity contribution in [3.8, 4) is 11.3 Å². The number of hydrogen-bond donors (Lipinski definition) is 1.